The van der Waals surface area contributed by atoms with Gasteiger partial charge in [0.05, 0.1) is 19.8 Å². The Bertz CT molecular complexity index is 789. The van der Waals surface area contributed by atoms with Crippen LogP contribution in [0.5, 0.6) is 11.5 Å². The number of hydrogen-bond acceptors (Lipinski definition) is 5. The monoisotopic (exact) mass is 358 g/mol. The first-order valence-electron chi connectivity index (χ1n) is 9.16. The van der Waals surface area contributed by atoms with Crippen molar-refractivity contribution in [3.63, 3.8) is 0 Å². The predicted molar refractivity (Wildman–Crippen MR) is 94.6 cm³/mol. The second-order valence-electron chi connectivity index (χ2n) is 6.91. The third-order valence-corrected chi connectivity index (χ3v) is 4.94. The van der Waals surface area contributed by atoms with Gasteiger partial charge in [0.15, 0.2) is 23.9 Å². The van der Waals surface area contributed by atoms with Gasteiger partial charge in [-0.05, 0) is 25.1 Å². The highest BCUT2D eigenvalue weighted by atomic mass is 16.5. The molecule has 0 aliphatic carbocycles. The number of carbonyl (C=O) groups is 1. The van der Waals surface area contributed by atoms with Crippen LogP contribution in [0.15, 0.2) is 28.8 Å². The zero-order valence-electron chi connectivity index (χ0n) is 14.9. The van der Waals surface area contributed by atoms with Crippen molar-refractivity contribution in [1.82, 2.24) is 5.16 Å². The number of rotatable bonds is 4. The summed E-state index contributed by atoms with van der Waals surface area (Å²) in [5.74, 6) is 2.73. The van der Waals surface area contributed by atoms with Crippen LogP contribution in [0.4, 0.5) is 5.82 Å². The van der Waals surface area contributed by atoms with Crippen LogP contribution < -0.4 is 19.7 Å². The topological polar surface area (TPSA) is 78.0 Å². The van der Waals surface area contributed by atoms with E-state index < -0.39 is 0 Å². The molecule has 2 aliphatic rings. The van der Waals surface area contributed by atoms with E-state index in [0.717, 1.165) is 37.3 Å². The van der Waals surface area contributed by atoms with Crippen molar-refractivity contribution in [2.24, 2.45) is 0 Å². The molecule has 0 bridgehead atoms. The van der Waals surface area contributed by atoms with Crippen LogP contribution in [0.25, 0.3) is 0 Å². The molecular weight excluding hydrogens is 334 g/mol. The van der Waals surface area contributed by atoms with Gasteiger partial charge in [-0.25, -0.2) is 0 Å². The summed E-state index contributed by atoms with van der Waals surface area (Å²) >= 11 is 0. The first kappa shape index (κ1) is 16.9. The molecule has 0 saturated carbocycles. The van der Waals surface area contributed by atoms with Crippen LogP contribution in [-0.2, 0) is 4.79 Å². The van der Waals surface area contributed by atoms with Crippen LogP contribution >= 0.6 is 0 Å². The molecule has 7 heteroatoms. The summed E-state index contributed by atoms with van der Waals surface area (Å²) < 4.78 is 16.5. The molecule has 4 rings (SSSR count). The third-order valence-electron chi connectivity index (χ3n) is 4.94. The Labute approximate surface area is 152 Å². The first-order valence-corrected chi connectivity index (χ1v) is 9.16. The molecule has 26 heavy (non-hydrogen) atoms. The lowest BCUT2D eigenvalue weighted by Crippen LogP contribution is -3.11. The van der Waals surface area contributed by atoms with Gasteiger partial charge in [0.25, 0.3) is 5.91 Å². The van der Waals surface area contributed by atoms with Gasteiger partial charge >= 0.3 is 0 Å². The van der Waals surface area contributed by atoms with Crippen molar-refractivity contribution in [2.45, 2.75) is 32.2 Å². The van der Waals surface area contributed by atoms with Crippen molar-refractivity contribution >= 4 is 11.7 Å². The zero-order valence-corrected chi connectivity index (χ0v) is 14.9. The fourth-order valence-electron chi connectivity index (χ4n) is 3.74. The highest BCUT2D eigenvalue weighted by molar-refractivity contribution is 5.90. The fourth-order valence-corrected chi connectivity index (χ4v) is 3.74. The average Bonchev–Trinajstić information content (AvgIpc) is 3.17. The van der Waals surface area contributed by atoms with Crippen molar-refractivity contribution in [3.05, 3.63) is 35.6 Å². The molecule has 2 atom stereocenters. The van der Waals surface area contributed by atoms with E-state index in [0.29, 0.717) is 31.3 Å². The van der Waals surface area contributed by atoms with Gasteiger partial charge in [-0.2, -0.15) is 0 Å². The second kappa shape index (κ2) is 7.37. The van der Waals surface area contributed by atoms with E-state index in [4.69, 9.17) is 14.0 Å². The van der Waals surface area contributed by atoms with E-state index in [1.807, 2.05) is 6.07 Å². The smallest absolute Gasteiger partial charge is 0.280 e. The lowest BCUT2D eigenvalue weighted by atomic mass is 10.0. The van der Waals surface area contributed by atoms with Gasteiger partial charge in [0, 0.05) is 30.9 Å². The molecule has 2 N–H and O–H groups in total. The lowest BCUT2D eigenvalue weighted by Gasteiger charge is -2.22. The standard InChI is InChI=1S/C19H23N3O4/c1-13-10-18(21-26-13)20-19(23)12-22-7-2-4-15(22)14-5-6-16-17(11-14)25-9-3-8-24-16/h5-6,10-11,15H,2-4,7-9,12H2,1H3,(H,20,21,23)/p+1/t15-/m0/s1. The molecule has 0 radical (unpaired) electrons. The fraction of sp³-hybridized carbons (Fsp3) is 0.474. The molecule has 7 nitrogen and oxygen atoms in total. The van der Waals surface area contributed by atoms with E-state index in [1.54, 1.807) is 13.0 Å². The predicted octanol–water partition coefficient (Wildman–Crippen LogP) is 1.50. The number of carbonyl (C=O) groups excluding carboxylic acids is 1. The maximum atomic E-state index is 12.4. The van der Waals surface area contributed by atoms with Gasteiger partial charge in [0.2, 0.25) is 0 Å². The van der Waals surface area contributed by atoms with E-state index >= 15 is 0 Å². The number of hydrogen-bond donors (Lipinski definition) is 2. The van der Waals surface area contributed by atoms with Gasteiger partial charge in [-0.3, -0.25) is 4.79 Å². The summed E-state index contributed by atoms with van der Waals surface area (Å²) in [6.07, 6.45) is 3.06. The van der Waals surface area contributed by atoms with Gasteiger partial charge < -0.3 is 24.2 Å². The summed E-state index contributed by atoms with van der Waals surface area (Å²) in [4.78, 5) is 13.6. The number of amides is 1. The van der Waals surface area contributed by atoms with Gasteiger partial charge in [-0.15, -0.1) is 0 Å². The second-order valence-corrected chi connectivity index (χ2v) is 6.91. The van der Waals surface area contributed by atoms with Crippen LogP contribution in [0.3, 0.4) is 0 Å². The van der Waals surface area contributed by atoms with Crippen LogP contribution in [-0.4, -0.2) is 37.4 Å². The van der Waals surface area contributed by atoms with Crippen LogP contribution in [0.1, 0.15) is 36.6 Å². The summed E-state index contributed by atoms with van der Waals surface area (Å²) in [6.45, 7) is 4.55. The molecule has 0 spiro atoms. The zero-order chi connectivity index (χ0) is 17.9. The maximum absolute atomic E-state index is 12.4. The number of likely N-dealkylation sites (tertiary alicyclic amines) is 1. The quantitative estimate of drug-likeness (QED) is 0.866. The van der Waals surface area contributed by atoms with Crippen molar-refractivity contribution in [3.8, 4) is 11.5 Å². The molecule has 1 unspecified atom stereocenters. The molecule has 2 aromatic rings. The molecule has 2 aliphatic heterocycles. The highest BCUT2D eigenvalue weighted by Gasteiger charge is 2.32. The Hall–Kier alpha value is -2.54. The van der Waals surface area contributed by atoms with Crippen LogP contribution in [0, 0.1) is 6.92 Å². The Morgan fingerprint density at radius 1 is 1.23 bits per heavy atom. The maximum Gasteiger partial charge on any atom is 0.280 e. The Morgan fingerprint density at radius 2 is 2.08 bits per heavy atom. The summed E-state index contributed by atoms with van der Waals surface area (Å²) in [5.41, 5.74) is 1.20. The van der Waals surface area contributed by atoms with Crippen LogP contribution in [0.2, 0.25) is 0 Å². The summed E-state index contributed by atoms with van der Waals surface area (Å²) in [7, 11) is 0. The van der Waals surface area contributed by atoms with E-state index in [9.17, 15) is 4.79 Å². The van der Waals surface area contributed by atoms with E-state index in [2.05, 4.69) is 22.6 Å². The van der Waals surface area contributed by atoms with Gasteiger partial charge in [-0.1, -0.05) is 5.16 Å². The number of anilines is 1. The molecule has 1 aromatic carbocycles. The molecule has 1 aromatic heterocycles. The molecule has 3 heterocycles. The lowest BCUT2D eigenvalue weighted by molar-refractivity contribution is -0.910. The highest BCUT2D eigenvalue weighted by Crippen LogP contribution is 2.33. The van der Waals surface area contributed by atoms with Crippen molar-refractivity contribution < 1.29 is 23.7 Å². The number of aryl methyl sites for hydroxylation is 1. The Kier molecular flexibility index (Phi) is 4.79. The molecule has 1 saturated heterocycles. The summed E-state index contributed by atoms with van der Waals surface area (Å²) in [5, 5.41) is 6.63. The normalized spacial score (nSPS) is 22.0. The number of nitrogens with one attached hydrogen (secondary N) is 2. The average molecular weight is 358 g/mol. The Balaban J connectivity index is 1.44. The minimum absolute atomic E-state index is 0.0467. The SMILES string of the molecule is Cc1cc(NC(=O)C[NH+]2CCC[C@H]2c2ccc3c(c2)OCCCO3)no1. The third kappa shape index (κ3) is 3.67. The largest absolute Gasteiger partial charge is 0.490 e. The number of benzene rings is 1. The minimum atomic E-state index is -0.0467. The number of nitrogens with zero attached hydrogens (tertiary/aromatic N) is 1. The van der Waals surface area contributed by atoms with Crippen molar-refractivity contribution in [2.75, 3.05) is 31.6 Å². The number of aromatic nitrogens is 1. The number of ether oxygens (including phenoxy) is 2. The molecule has 1 fully saturated rings. The molecule has 138 valence electrons. The first-order chi connectivity index (χ1) is 12.7. The van der Waals surface area contributed by atoms with E-state index in [1.165, 1.54) is 10.5 Å². The van der Waals surface area contributed by atoms with Gasteiger partial charge in [0.1, 0.15) is 11.8 Å². The number of quaternary nitrogens is 1. The summed E-state index contributed by atoms with van der Waals surface area (Å²) in [6, 6.07) is 8.18. The minimum Gasteiger partial charge on any atom is -0.490 e. The molecular formula is C19H24N3O4+. The number of fused-ring (bicyclic) bond motifs is 1. The Morgan fingerprint density at radius 3 is 2.88 bits per heavy atom. The van der Waals surface area contributed by atoms with Crippen molar-refractivity contribution in [1.29, 1.82) is 0 Å². The van der Waals surface area contributed by atoms with E-state index in [-0.39, 0.29) is 11.9 Å². The molecule has 1 amide bonds.